The van der Waals surface area contributed by atoms with Crippen LogP contribution in [-0.2, 0) is 0 Å². The zero-order valence-corrected chi connectivity index (χ0v) is 12.7. The van der Waals surface area contributed by atoms with Gasteiger partial charge in [0.1, 0.15) is 0 Å². The largest absolute Gasteiger partial charge is 0.311 e. The van der Waals surface area contributed by atoms with Crippen LogP contribution >= 0.6 is 15.9 Å². The predicted octanol–water partition coefficient (Wildman–Crippen LogP) is 4.28. The van der Waals surface area contributed by atoms with Crippen LogP contribution in [0.25, 0.3) is 22.3 Å². The molecule has 0 unspecified atom stereocenters. The number of nitrogens with zero attached hydrogens (tertiary/aromatic N) is 3. The molecule has 0 aliphatic rings. The summed E-state index contributed by atoms with van der Waals surface area (Å²) in [5.74, 6) is 0. The second kappa shape index (κ2) is 5.21. The Hall–Kier alpha value is -2.34. The maximum absolute atomic E-state index is 11.2. The van der Waals surface area contributed by atoms with Gasteiger partial charge >= 0.3 is 5.69 Å². The fourth-order valence-electron chi connectivity index (χ4n) is 2.21. The van der Waals surface area contributed by atoms with E-state index in [0.29, 0.717) is 21.2 Å². The topological polar surface area (TPSA) is 68.9 Å². The summed E-state index contributed by atoms with van der Waals surface area (Å²) in [6, 6.07) is 13.0. The number of benzene rings is 2. The van der Waals surface area contributed by atoms with Gasteiger partial charge in [0.05, 0.1) is 26.3 Å². The number of rotatable bonds is 2. The third kappa shape index (κ3) is 2.38. The van der Waals surface area contributed by atoms with Crippen molar-refractivity contribution in [2.24, 2.45) is 0 Å². The van der Waals surface area contributed by atoms with Gasteiger partial charge in [-0.05, 0) is 35.0 Å². The van der Waals surface area contributed by atoms with E-state index >= 15 is 0 Å². The van der Waals surface area contributed by atoms with E-state index in [-0.39, 0.29) is 5.69 Å². The lowest BCUT2D eigenvalue weighted by molar-refractivity contribution is -0.384. The quantitative estimate of drug-likeness (QED) is 0.514. The van der Waals surface area contributed by atoms with Crippen LogP contribution in [0.3, 0.4) is 0 Å². The Labute approximate surface area is 128 Å². The molecule has 0 aliphatic heterocycles. The van der Waals surface area contributed by atoms with Gasteiger partial charge in [0.15, 0.2) is 5.52 Å². The lowest BCUT2D eigenvalue weighted by Crippen LogP contribution is -1.98. The van der Waals surface area contributed by atoms with Gasteiger partial charge in [-0.15, -0.1) is 0 Å². The highest BCUT2D eigenvalue weighted by molar-refractivity contribution is 9.10. The molecule has 0 saturated heterocycles. The average Bonchev–Trinajstić information content (AvgIpc) is 2.47. The van der Waals surface area contributed by atoms with Gasteiger partial charge in [-0.2, -0.15) is 0 Å². The molecule has 104 valence electrons. The zero-order chi connectivity index (χ0) is 15.0. The van der Waals surface area contributed by atoms with E-state index in [1.54, 1.807) is 19.1 Å². The van der Waals surface area contributed by atoms with E-state index in [0.717, 1.165) is 11.3 Å². The molecule has 1 heterocycles. The van der Waals surface area contributed by atoms with Gasteiger partial charge in [0.25, 0.3) is 0 Å². The molecule has 3 aromatic rings. The zero-order valence-electron chi connectivity index (χ0n) is 11.1. The van der Waals surface area contributed by atoms with Crippen LogP contribution in [0.4, 0.5) is 5.69 Å². The number of nitro benzene ring substituents is 1. The van der Waals surface area contributed by atoms with E-state index in [1.165, 1.54) is 0 Å². The molecule has 1 aromatic heterocycles. The lowest BCUT2D eigenvalue weighted by atomic mass is 10.1. The molecule has 0 amide bonds. The fraction of sp³-hybridized carbons (Fsp3) is 0.0667. The number of aromatic nitrogens is 2. The highest BCUT2D eigenvalue weighted by Crippen LogP contribution is 2.33. The second-order valence-corrected chi connectivity index (χ2v) is 5.40. The van der Waals surface area contributed by atoms with Crippen molar-refractivity contribution in [2.45, 2.75) is 6.92 Å². The Balaban J connectivity index is 2.32. The summed E-state index contributed by atoms with van der Waals surface area (Å²) in [5, 5.41) is 11.2. The molecule has 0 fully saturated rings. The van der Waals surface area contributed by atoms with Gasteiger partial charge in [-0.3, -0.25) is 10.1 Å². The lowest BCUT2D eigenvalue weighted by Gasteiger charge is -2.07. The monoisotopic (exact) mass is 343 g/mol. The Kier molecular flexibility index (Phi) is 3.39. The van der Waals surface area contributed by atoms with E-state index in [9.17, 15) is 10.1 Å². The van der Waals surface area contributed by atoms with E-state index in [2.05, 4.69) is 25.9 Å². The summed E-state index contributed by atoms with van der Waals surface area (Å²) in [5.41, 5.74) is 3.09. The minimum atomic E-state index is -0.442. The third-order valence-corrected chi connectivity index (χ3v) is 3.80. The van der Waals surface area contributed by atoms with Crippen LogP contribution in [0.1, 0.15) is 5.69 Å². The molecule has 0 saturated carbocycles. The first-order chi connectivity index (χ1) is 10.1. The van der Waals surface area contributed by atoms with Gasteiger partial charge in [0, 0.05) is 5.56 Å². The predicted molar refractivity (Wildman–Crippen MR) is 84.1 cm³/mol. The van der Waals surface area contributed by atoms with Gasteiger partial charge in [-0.1, -0.05) is 30.3 Å². The van der Waals surface area contributed by atoms with Crippen molar-refractivity contribution in [1.29, 1.82) is 0 Å². The number of fused-ring (bicyclic) bond motifs is 1. The van der Waals surface area contributed by atoms with Crippen LogP contribution < -0.4 is 0 Å². The van der Waals surface area contributed by atoms with Crippen LogP contribution in [0.5, 0.6) is 0 Å². The first kappa shape index (κ1) is 13.6. The van der Waals surface area contributed by atoms with Crippen molar-refractivity contribution in [3.63, 3.8) is 0 Å². The normalized spacial score (nSPS) is 10.8. The van der Waals surface area contributed by atoms with Crippen LogP contribution in [0.15, 0.2) is 46.9 Å². The molecule has 2 aromatic carbocycles. The van der Waals surface area contributed by atoms with Crippen LogP contribution in [0.2, 0.25) is 0 Å². The molecule has 6 heteroatoms. The first-order valence-electron chi connectivity index (χ1n) is 6.24. The van der Waals surface area contributed by atoms with Crippen molar-refractivity contribution in [1.82, 2.24) is 9.97 Å². The molecule has 0 atom stereocenters. The second-order valence-electron chi connectivity index (χ2n) is 4.54. The molecule has 21 heavy (non-hydrogen) atoms. The number of halogens is 1. The van der Waals surface area contributed by atoms with Crippen molar-refractivity contribution in [2.75, 3.05) is 0 Å². The Morgan fingerprint density at radius 2 is 1.81 bits per heavy atom. The van der Waals surface area contributed by atoms with Gasteiger partial charge < -0.3 is 0 Å². The van der Waals surface area contributed by atoms with Crippen LogP contribution in [0, 0.1) is 17.0 Å². The minimum absolute atomic E-state index is 0.0530. The standard InChI is InChI=1S/C15H10BrN3O2/c1-9-13(10-5-3-2-4-6-10)18-12-8-7-11(16)15(19(20)21)14(12)17-9/h2-8H,1H3. The van der Waals surface area contributed by atoms with Crippen molar-refractivity contribution >= 4 is 32.7 Å². The summed E-state index contributed by atoms with van der Waals surface area (Å²) in [7, 11) is 0. The molecule has 0 radical (unpaired) electrons. The smallest absolute Gasteiger partial charge is 0.258 e. The van der Waals surface area contributed by atoms with E-state index in [4.69, 9.17) is 0 Å². The fourth-order valence-corrected chi connectivity index (χ4v) is 2.67. The molecule has 3 rings (SSSR count). The molecule has 0 N–H and O–H groups in total. The number of hydrogen-bond donors (Lipinski definition) is 0. The number of hydrogen-bond acceptors (Lipinski definition) is 4. The summed E-state index contributed by atoms with van der Waals surface area (Å²) < 4.78 is 0.404. The Bertz CT molecular complexity index is 850. The van der Waals surface area contributed by atoms with Crippen molar-refractivity contribution in [3.05, 3.63) is 62.7 Å². The summed E-state index contributed by atoms with van der Waals surface area (Å²) in [6.45, 7) is 1.80. The molecule has 0 bridgehead atoms. The number of nitro groups is 1. The van der Waals surface area contributed by atoms with E-state index in [1.807, 2.05) is 30.3 Å². The molecule has 5 nitrogen and oxygen atoms in total. The maximum atomic E-state index is 11.2. The van der Waals surface area contributed by atoms with Gasteiger partial charge in [0.2, 0.25) is 0 Å². The highest BCUT2D eigenvalue weighted by Gasteiger charge is 2.20. The van der Waals surface area contributed by atoms with E-state index < -0.39 is 4.92 Å². The van der Waals surface area contributed by atoms with Gasteiger partial charge in [-0.25, -0.2) is 9.97 Å². The Morgan fingerprint density at radius 1 is 1.10 bits per heavy atom. The first-order valence-corrected chi connectivity index (χ1v) is 7.04. The third-order valence-electron chi connectivity index (χ3n) is 3.16. The molecular formula is C15H10BrN3O2. The summed E-state index contributed by atoms with van der Waals surface area (Å²) in [4.78, 5) is 19.7. The van der Waals surface area contributed by atoms with Crippen LogP contribution in [-0.4, -0.2) is 14.9 Å². The van der Waals surface area contributed by atoms with Crippen molar-refractivity contribution in [3.8, 4) is 11.3 Å². The summed E-state index contributed by atoms with van der Waals surface area (Å²) >= 11 is 3.20. The molecule has 0 aliphatic carbocycles. The molecule has 0 spiro atoms. The average molecular weight is 344 g/mol. The summed E-state index contributed by atoms with van der Waals surface area (Å²) in [6.07, 6.45) is 0. The Morgan fingerprint density at radius 3 is 2.48 bits per heavy atom. The number of aryl methyl sites for hydroxylation is 1. The maximum Gasteiger partial charge on any atom is 0.311 e. The minimum Gasteiger partial charge on any atom is -0.258 e. The van der Waals surface area contributed by atoms with Crippen molar-refractivity contribution < 1.29 is 4.92 Å². The highest BCUT2D eigenvalue weighted by atomic mass is 79.9. The SMILES string of the molecule is Cc1nc2c([N+](=O)[O-])c(Br)ccc2nc1-c1ccccc1. The molecular weight excluding hydrogens is 334 g/mol.